The minimum absolute atomic E-state index is 0.180. The molecule has 0 saturated heterocycles. The maximum absolute atomic E-state index is 13.1. The van der Waals surface area contributed by atoms with Gasteiger partial charge in [0.25, 0.3) is 10.0 Å². The summed E-state index contributed by atoms with van der Waals surface area (Å²) in [5.74, 6) is -0.601. The largest absolute Gasteiger partial charge is 0.277 e. The van der Waals surface area contributed by atoms with E-state index in [0.717, 1.165) is 23.6 Å². The van der Waals surface area contributed by atoms with Crippen LogP contribution in [0.15, 0.2) is 59.6 Å². The second-order valence-corrected chi connectivity index (χ2v) is 6.62. The molecule has 0 aliphatic heterocycles. The summed E-state index contributed by atoms with van der Waals surface area (Å²) in [6.45, 7) is 0. The lowest BCUT2D eigenvalue weighted by molar-refractivity contribution is 0.600. The Hall–Kier alpha value is -2.18. The monoisotopic (exact) mass is 336 g/mol. The van der Waals surface area contributed by atoms with Crippen molar-refractivity contribution in [2.24, 2.45) is 0 Å². The van der Waals surface area contributed by atoms with Crippen LogP contribution in [0.4, 0.5) is 10.1 Å². The first-order valence-corrected chi connectivity index (χ1v) is 8.15. The molecule has 3 aromatic rings. The molecular formula is C15H10ClFN2O2S. The first kappa shape index (κ1) is 14.7. The van der Waals surface area contributed by atoms with Crippen LogP contribution in [0, 0.1) is 5.82 Å². The molecule has 0 aliphatic carbocycles. The first-order valence-electron chi connectivity index (χ1n) is 6.29. The summed E-state index contributed by atoms with van der Waals surface area (Å²) in [7, 11) is -3.94. The van der Waals surface area contributed by atoms with E-state index in [4.69, 9.17) is 11.6 Å². The van der Waals surface area contributed by atoms with Gasteiger partial charge in [-0.1, -0.05) is 29.8 Å². The zero-order valence-corrected chi connectivity index (χ0v) is 12.7. The van der Waals surface area contributed by atoms with Crippen molar-refractivity contribution in [2.75, 3.05) is 4.72 Å². The van der Waals surface area contributed by atoms with Gasteiger partial charge < -0.3 is 0 Å². The second kappa shape index (κ2) is 5.55. The van der Waals surface area contributed by atoms with Crippen LogP contribution in [-0.2, 0) is 10.0 Å². The van der Waals surface area contributed by atoms with E-state index in [1.54, 1.807) is 24.4 Å². The molecule has 0 fully saturated rings. The number of nitrogens with zero attached hydrogens (tertiary/aromatic N) is 1. The van der Waals surface area contributed by atoms with Gasteiger partial charge in [-0.15, -0.1) is 0 Å². The minimum atomic E-state index is -3.94. The van der Waals surface area contributed by atoms with E-state index in [1.807, 2.05) is 12.1 Å². The van der Waals surface area contributed by atoms with Crippen molar-refractivity contribution in [1.82, 2.24) is 4.98 Å². The van der Waals surface area contributed by atoms with Gasteiger partial charge in [-0.05, 0) is 30.3 Å². The second-order valence-electron chi connectivity index (χ2n) is 4.56. The van der Waals surface area contributed by atoms with Crippen LogP contribution < -0.4 is 4.72 Å². The maximum Gasteiger partial charge on any atom is 0.263 e. The number of benzene rings is 2. The highest BCUT2D eigenvalue weighted by atomic mass is 35.5. The van der Waals surface area contributed by atoms with Gasteiger partial charge in [0.1, 0.15) is 10.7 Å². The van der Waals surface area contributed by atoms with Gasteiger partial charge in [0.15, 0.2) is 0 Å². The van der Waals surface area contributed by atoms with E-state index in [-0.39, 0.29) is 9.92 Å². The Morgan fingerprint density at radius 1 is 1.09 bits per heavy atom. The van der Waals surface area contributed by atoms with E-state index in [0.29, 0.717) is 11.2 Å². The van der Waals surface area contributed by atoms with Crippen molar-refractivity contribution in [3.8, 4) is 0 Å². The van der Waals surface area contributed by atoms with Gasteiger partial charge in [-0.25, -0.2) is 12.8 Å². The van der Waals surface area contributed by atoms with Gasteiger partial charge in [0.05, 0.1) is 16.2 Å². The maximum atomic E-state index is 13.1. The number of hydrogen-bond donors (Lipinski definition) is 1. The van der Waals surface area contributed by atoms with Gasteiger partial charge in [0, 0.05) is 11.6 Å². The Labute approximate surface area is 131 Å². The molecule has 7 heteroatoms. The van der Waals surface area contributed by atoms with Gasteiger partial charge in [-0.2, -0.15) is 0 Å². The normalized spacial score (nSPS) is 11.5. The number of halogens is 2. The Morgan fingerprint density at radius 2 is 1.86 bits per heavy atom. The number of pyridine rings is 1. The highest BCUT2D eigenvalue weighted by Gasteiger charge is 2.19. The Morgan fingerprint density at radius 3 is 2.64 bits per heavy atom. The Balaban J connectivity index is 2.07. The molecule has 0 spiro atoms. The van der Waals surface area contributed by atoms with E-state index in [2.05, 4.69) is 9.71 Å². The van der Waals surface area contributed by atoms with Crippen molar-refractivity contribution in [3.63, 3.8) is 0 Å². The summed E-state index contributed by atoms with van der Waals surface area (Å²) >= 11 is 5.82. The molecule has 1 heterocycles. The fraction of sp³-hybridized carbons (Fsp3) is 0. The zero-order valence-electron chi connectivity index (χ0n) is 11.1. The fourth-order valence-corrected chi connectivity index (χ4v) is 3.68. The molecule has 0 saturated carbocycles. The third-order valence-electron chi connectivity index (χ3n) is 3.06. The smallest absolute Gasteiger partial charge is 0.263 e. The molecule has 0 radical (unpaired) electrons. The number of nitrogens with one attached hydrogen (secondary N) is 1. The van der Waals surface area contributed by atoms with Crippen LogP contribution in [0.1, 0.15) is 0 Å². The molecule has 4 nitrogen and oxygen atoms in total. The van der Waals surface area contributed by atoms with Crippen LogP contribution >= 0.6 is 11.6 Å². The standard InChI is InChI=1S/C15H10ClFN2O2S/c16-12-9-11(17)6-7-14(12)22(20,21)19-13-5-1-3-10-4-2-8-18-15(10)13/h1-9,19H. The summed E-state index contributed by atoms with van der Waals surface area (Å²) < 4.78 is 40.4. The lowest BCUT2D eigenvalue weighted by atomic mass is 10.2. The third kappa shape index (κ3) is 2.75. The Kier molecular flexibility index (Phi) is 3.72. The lowest BCUT2D eigenvalue weighted by Gasteiger charge is -2.11. The molecule has 0 unspecified atom stereocenters. The quantitative estimate of drug-likeness (QED) is 0.790. The summed E-state index contributed by atoms with van der Waals surface area (Å²) in [4.78, 5) is 3.98. The number of anilines is 1. The molecule has 0 amide bonds. The van der Waals surface area contributed by atoms with Crippen molar-refractivity contribution in [1.29, 1.82) is 0 Å². The van der Waals surface area contributed by atoms with E-state index in [9.17, 15) is 12.8 Å². The van der Waals surface area contributed by atoms with Crippen molar-refractivity contribution in [2.45, 2.75) is 4.90 Å². The summed E-state index contributed by atoms with van der Waals surface area (Å²) in [6, 6.07) is 11.9. The fourth-order valence-electron chi connectivity index (χ4n) is 2.08. The average molecular weight is 337 g/mol. The molecule has 2 aromatic carbocycles. The average Bonchev–Trinajstić information content (AvgIpc) is 2.47. The molecule has 1 aromatic heterocycles. The summed E-state index contributed by atoms with van der Waals surface area (Å²) in [6.07, 6.45) is 1.57. The van der Waals surface area contributed by atoms with Gasteiger partial charge >= 0.3 is 0 Å². The number of rotatable bonds is 3. The van der Waals surface area contributed by atoms with Crippen molar-refractivity contribution in [3.05, 3.63) is 65.6 Å². The topological polar surface area (TPSA) is 59.1 Å². The molecular weight excluding hydrogens is 327 g/mol. The number of sulfonamides is 1. The molecule has 112 valence electrons. The Bertz CT molecular complexity index is 955. The molecule has 0 bridgehead atoms. The third-order valence-corrected chi connectivity index (χ3v) is 4.91. The van der Waals surface area contributed by atoms with Crippen LogP contribution in [-0.4, -0.2) is 13.4 Å². The number of para-hydroxylation sites is 1. The van der Waals surface area contributed by atoms with Crippen LogP contribution in [0.2, 0.25) is 5.02 Å². The number of aromatic nitrogens is 1. The lowest BCUT2D eigenvalue weighted by Crippen LogP contribution is -2.14. The highest BCUT2D eigenvalue weighted by Crippen LogP contribution is 2.27. The zero-order chi connectivity index (χ0) is 15.7. The van der Waals surface area contributed by atoms with Crippen molar-refractivity contribution >= 4 is 38.2 Å². The van der Waals surface area contributed by atoms with Crippen LogP contribution in [0.5, 0.6) is 0 Å². The molecule has 0 atom stereocenters. The first-order chi connectivity index (χ1) is 10.5. The minimum Gasteiger partial charge on any atom is -0.277 e. The van der Waals surface area contributed by atoms with Gasteiger partial charge in [-0.3, -0.25) is 9.71 Å². The number of hydrogen-bond acceptors (Lipinski definition) is 3. The predicted octanol–water partition coefficient (Wildman–Crippen LogP) is 3.83. The SMILES string of the molecule is O=S(=O)(Nc1cccc2cccnc12)c1ccc(F)cc1Cl. The van der Waals surface area contributed by atoms with Gasteiger partial charge in [0.2, 0.25) is 0 Å². The van der Waals surface area contributed by atoms with E-state index in [1.165, 1.54) is 0 Å². The van der Waals surface area contributed by atoms with E-state index < -0.39 is 15.8 Å². The molecule has 1 N–H and O–H groups in total. The van der Waals surface area contributed by atoms with Crippen molar-refractivity contribution < 1.29 is 12.8 Å². The number of fused-ring (bicyclic) bond motifs is 1. The summed E-state index contributed by atoms with van der Waals surface area (Å²) in [5, 5.41) is 0.619. The molecule has 22 heavy (non-hydrogen) atoms. The molecule has 0 aliphatic rings. The van der Waals surface area contributed by atoms with Crippen LogP contribution in [0.3, 0.4) is 0 Å². The van der Waals surface area contributed by atoms with E-state index >= 15 is 0 Å². The summed E-state index contributed by atoms with van der Waals surface area (Å²) in [5.41, 5.74) is 0.852. The molecule has 3 rings (SSSR count). The highest BCUT2D eigenvalue weighted by molar-refractivity contribution is 7.92. The van der Waals surface area contributed by atoms with Crippen LogP contribution in [0.25, 0.3) is 10.9 Å². The predicted molar refractivity (Wildman–Crippen MR) is 84.0 cm³/mol.